The van der Waals surface area contributed by atoms with Crippen LogP contribution in [0, 0.1) is 0 Å². The summed E-state index contributed by atoms with van der Waals surface area (Å²) >= 11 is 8.67. The summed E-state index contributed by atoms with van der Waals surface area (Å²) in [4.78, 5) is 16.2. The van der Waals surface area contributed by atoms with Gasteiger partial charge in [0.1, 0.15) is 0 Å². The quantitative estimate of drug-likeness (QED) is 0.616. The Morgan fingerprint density at radius 3 is 2.87 bits per heavy atom. The summed E-state index contributed by atoms with van der Waals surface area (Å²) in [7, 11) is -2.13. The number of rotatable bonds is 4. The fraction of sp³-hybridized carbons (Fsp3) is 0.167. The Morgan fingerprint density at radius 1 is 1.57 bits per heavy atom. The van der Waals surface area contributed by atoms with Crippen molar-refractivity contribution in [3.8, 4) is 0 Å². The number of thiazole rings is 1. The third kappa shape index (κ3) is 5.71. The van der Waals surface area contributed by atoms with Crippen molar-refractivity contribution in [2.75, 3.05) is 18.7 Å². The molecule has 1 unspecified atom stereocenters. The molecule has 120 valence electrons. The fourth-order valence-electron chi connectivity index (χ4n) is 1.45. The van der Waals surface area contributed by atoms with Crippen molar-refractivity contribution in [2.45, 2.75) is 9.10 Å². The molecule has 0 aliphatic carbocycles. The third-order valence-electron chi connectivity index (χ3n) is 2.42. The number of nitrogens with zero attached hydrogens (tertiary/aromatic N) is 2. The van der Waals surface area contributed by atoms with Crippen molar-refractivity contribution >= 4 is 55.9 Å². The van der Waals surface area contributed by atoms with Crippen LogP contribution in [0.4, 0.5) is 9.93 Å². The summed E-state index contributed by atoms with van der Waals surface area (Å²) in [5.74, 6) is 0. The molecular formula is C12H13ClN3NaO3S3. The number of hydrogen-bond donors (Lipinski definition) is 1. The van der Waals surface area contributed by atoms with Crippen molar-refractivity contribution in [3.63, 3.8) is 0 Å². The van der Waals surface area contributed by atoms with E-state index in [1.165, 1.54) is 42.3 Å². The summed E-state index contributed by atoms with van der Waals surface area (Å²) in [6, 6.07) is 5.41. The van der Waals surface area contributed by atoms with Gasteiger partial charge in [-0.1, -0.05) is 29.0 Å². The topological polar surface area (TPSA) is 80.6 Å². The SMILES string of the molecule is COS(=O)(=NC(=O)Nc1ncc(SC)s1)c1cccc(Cl)c1.[H-].[Na+]. The Kier molecular flexibility index (Phi) is 8.53. The zero-order valence-electron chi connectivity index (χ0n) is 13.6. The summed E-state index contributed by atoms with van der Waals surface area (Å²) in [6.07, 6.45) is 3.54. The Bertz CT molecular complexity index is 812. The van der Waals surface area contributed by atoms with Gasteiger partial charge in [0, 0.05) is 5.02 Å². The summed E-state index contributed by atoms with van der Waals surface area (Å²) in [5, 5.41) is 3.22. The maximum Gasteiger partial charge on any atom is 1.00 e. The molecule has 1 N–H and O–H groups in total. The van der Waals surface area contributed by atoms with E-state index in [1.807, 2.05) is 6.26 Å². The minimum absolute atomic E-state index is 0. The van der Waals surface area contributed by atoms with Gasteiger partial charge in [-0.25, -0.2) is 14.0 Å². The number of benzene rings is 1. The van der Waals surface area contributed by atoms with Crippen LogP contribution in [0.25, 0.3) is 0 Å². The second-order valence-corrected chi connectivity index (χ2v) is 8.32. The fourth-order valence-corrected chi connectivity index (χ4v) is 4.13. The van der Waals surface area contributed by atoms with Crippen LogP contribution in [-0.2, 0) is 14.2 Å². The number of thioether (sulfide) groups is 1. The largest absolute Gasteiger partial charge is 1.00 e. The summed E-state index contributed by atoms with van der Waals surface area (Å²) in [6.45, 7) is 0. The van der Waals surface area contributed by atoms with Crippen LogP contribution in [-0.4, -0.2) is 28.6 Å². The van der Waals surface area contributed by atoms with Crippen molar-refractivity contribution < 1.29 is 44.2 Å². The molecule has 11 heteroatoms. The van der Waals surface area contributed by atoms with Crippen molar-refractivity contribution in [1.29, 1.82) is 0 Å². The number of anilines is 1. The van der Waals surface area contributed by atoms with E-state index in [0.29, 0.717) is 10.2 Å². The number of nitrogens with one attached hydrogen (secondary N) is 1. The van der Waals surface area contributed by atoms with Gasteiger partial charge in [0.2, 0.25) is 10.0 Å². The van der Waals surface area contributed by atoms with E-state index < -0.39 is 16.0 Å². The van der Waals surface area contributed by atoms with Crippen LogP contribution < -0.4 is 34.9 Å². The van der Waals surface area contributed by atoms with Gasteiger partial charge in [0.25, 0.3) is 0 Å². The molecule has 2 rings (SSSR count). The monoisotopic (exact) mass is 401 g/mol. The van der Waals surface area contributed by atoms with E-state index in [0.717, 1.165) is 4.21 Å². The molecule has 0 radical (unpaired) electrons. The maximum absolute atomic E-state index is 12.6. The molecule has 0 aliphatic heterocycles. The van der Waals surface area contributed by atoms with E-state index in [9.17, 15) is 9.00 Å². The molecule has 1 atom stereocenters. The number of amides is 2. The molecule has 0 saturated heterocycles. The van der Waals surface area contributed by atoms with Gasteiger partial charge in [0.15, 0.2) is 5.13 Å². The molecule has 0 spiro atoms. The number of urea groups is 1. The molecule has 6 nitrogen and oxygen atoms in total. The minimum Gasteiger partial charge on any atom is -1.00 e. The smallest absolute Gasteiger partial charge is 1.00 e. The number of halogens is 1. The zero-order valence-corrected chi connectivity index (χ0v) is 17.8. The van der Waals surface area contributed by atoms with Crippen molar-refractivity contribution in [3.05, 3.63) is 35.5 Å². The van der Waals surface area contributed by atoms with Crippen LogP contribution in [0.5, 0.6) is 0 Å². The van der Waals surface area contributed by atoms with Gasteiger partial charge in [0.05, 0.1) is 22.4 Å². The Morgan fingerprint density at radius 2 is 2.30 bits per heavy atom. The number of carbonyl (C=O) groups is 1. The predicted octanol–water partition coefficient (Wildman–Crippen LogP) is 1.26. The van der Waals surface area contributed by atoms with Gasteiger partial charge < -0.3 is 1.43 Å². The number of aromatic nitrogens is 1. The zero-order chi connectivity index (χ0) is 16.2. The Balaban J connectivity index is 0.00000264. The van der Waals surface area contributed by atoms with Crippen molar-refractivity contribution in [1.82, 2.24) is 4.98 Å². The molecule has 1 aromatic heterocycles. The third-order valence-corrected chi connectivity index (χ3v) is 6.33. The minimum atomic E-state index is -3.35. The normalized spacial score (nSPS) is 12.8. The molecule has 0 fully saturated rings. The van der Waals surface area contributed by atoms with Gasteiger partial charge >= 0.3 is 35.6 Å². The number of hydrogen-bond acceptors (Lipinski definition) is 6. The first kappa shape index (κ1) is 20.9. The van der Waals surface area contributed by atoms with E-state index in [4.69, 9.17) is 15.8 Å². The Hall–Kier alpha value is -0.130. The van der Waals surface area contributed by atoms with E-state index in [1.54, 1.807) is 18.3 Å². The average molecular weight is 402 g/mol. The van der Waals surface area contributed by atoms with Crippen molar-refractivity contribution in [2.24, 2.45) is 4.36 Å². The van der Waals surface area contributed by atoms with Gasteiger partial charge in [-0.2, -0.15) is 0 Å². The molecule has 1 aromatic carbocycles. The summed E-state index contributed by atoms with van der Waals surface area (Å²) in [5.41, 5.74) is 0. The number of carbonyl (C=O) groups excluding carboxylic acids is 1. The first-order chi connectivity index (χ1) is 10.5. The molecule has 0 bridgehead atoms. The molecule has 2 amide bonds. The molecule has 0 saturated carbocycles. The Labute approximate surface area is 171 Å². The van der Waals surface area contributed by atoms with Gasteiger partial charge in [-0.15, -0.1) is 16.1 Å². The predicted molar refractivity (Wildman–Crippen MR) is 91.3 cm³/mol. The molecule has 0 aliphatic rings. The molecule has 2 aromatic rings. The standard InChI is InChI=1S/C12H12ClN3O3S3.Na.H/c1-19-22(18,9-5-3-4-8(13)6-9)16-11(17)15-12-14-7-10(20-2)21-12;;/h3-7H,1-2H3,(H,14,15,17);;/q;+1;-1. The van der Waals surface area contributed by atoms with Gasteiger partial charge in [-0.3, -0.25) is 9.50 Å². The first-order valence-corrected chi connectivity index (χ1v) is 9.72. The van der Waals surface area contributed by atoms with E-state index >= 15 is 0 Å². The maximum atomic E-state index is 12.6. The van der Waals surface area contributed by atoms with E-state index in [-0.39, 0.29) is 35.9 Å². The first-order valence-electron chi connectivity index (χ1n) is 5.86. The second kappa shape index (κ2) is 9.38. The molecule has 23 heavy (non-hydrogen) atoms. The van der Waals surface area contributed by atoms with Crippen LogP contribution >= 0.6 is 34.7 Å². The van der Waals surface area contributed by atoms with Crippen LogP contribution in [0.2, 0.25) is 5.02 Å². The van der Waals surface area contributed by atoms with Crippen LogP contribution in [0.15, 0.2) is 43.9 Å². The second-order valence-electron chi connectivity index (χ2n) is 3.81. The molecular weight excluding hydrogens is 389 g/mol. The van der Waals surface area contributed by atoms with Gasteiger partial charge in [-0.05, 0) is 24.5 Å². The summed E-state index contributed by atoms with van der Waals surface area (Å²) < 4.78 is 22.1. The van der Waals surface area contributed by atoms with Crippen LogP contribution in [0.3, 0.4) is 0 Å². The average Bonchev–Trinajstić information content (AvgIpc) is 2.94. The molecule has 1 heterocycles. The van der Waals surface area contributed by atoms with Crippen LogP contribution in [0.1, 0.15) is 1.43 Å². The van der Waals surface area contributed by atoms with E-state index in [2.05, 4.69) is 14.7 Å².